The topological polar surface area (TPSA) is 24.5 Å². The standard InChI is InChI=1S/C17H34N2O/c1-12(2)8-15-10-19(17(9-18-15)13(3)4)11-16-7-6-14(5)20-16/h12-18H,6-11H2,1-5H3. The summed E-state index contributed by atoms with van der Waals surface area (Å²) in [6.07, 6.45) is 4.68. The number of hydrogen-bond acceptors (Lipinski definition) is 3. The molecule has 118 valence electrons. The zero-order chi connectivity index (χ0) is 14.7. The molecule has 20 heavy (non-hydrogen) atoms. The molecule has 0 spiro atoms. The average Bonchev–Trinajstić information content (AvgIpc) is 2.73. The van der Waals surface area contributed by atoms with Crippen molar-refractivity contribution in [1.29, 1.82) is 0 Å². The van der Waals surface area contributed by atoms with Crippen molar-refractivity contribution in [3.05, 3.63) is 0 Å². The van der Waals surface area contributed by atoms with Crippen LogP contribution < -0.4 is 5.32 Å². The van der Waals surface area contributed by atoms with Crippen LogP contribution in [0.25, 0.3) is 0 Å². The number of hydrogen-bond donors (Lipinski definition) is 1. The Hall–Kier alpha value is -0.120. The van der Waals surface area contributed by atoms with Crippen LogP contribution >= 0.6 is 0 Å². The number of nitrogens with one attached hydrogen (secondary N) is 1. The lowest BCUT2D eigenvalue weighted by Crippen LogP contribution is -2.59. The minimum Gasteiger partial charge on any atom is -0.374 e. The number of rotatable bonds is 5. The molecule has 0 radical (unpaired) electrons. The van der Waals surface area contributed by atoms with Gasteiger partial charge in [-0.2, -0.15) is 0 Å². The maximum absolute atomic E-state index is 6.05. The van der Waals surface area contributed by atoms with E-state index in [4.69, 9.17) is 4.74 Å². The summed E-state index contributed by atoms with van der Waals surface area (Å²) in [6, 6.07) is 1.32. The van der Waals surface area contributed by atoms with Crippen molar-refractivity contribution in [2.45, 2.75) is 78.2 Å². The van der Waals surface area contributed by atoms with Crippen molar-refractivity contribution in [3.8, 4) is 0 Å². The fraction of sp³-hybridized carbons (Fsp3) is 1.00. The third-order valence-corrected chi connectivity index (χ3v) is 4.82. The van der Waals surface area contributed by atoms with Gasteiger partial charge in [0, 0.05) is 31.7 Å². The highest BCUT2D eigenvalue weighted by Crippen LogP contribution is 2.24. The second-order valence-electron chi connectivity index (χ2n) is 7.65. The highest BCUT2D eigenvalue weighted by molar-refractivity contribution is 4.90. The summed E-state index contributed by atoms with van der Waals surface area (Å²) in [5, 5.41) is 3.76. The molecule has 2 fully saturated rings. The second-order valence-corrected chi connectivity index (χ2v) is 7.65. The first kappa shape index (κ1) is 16.3. The Labute approximate surface area is 125 Å². The molecule has 2 heterocycles. The van der Waals surface area contributed by atoms with Gasteiger partial charge in [0.25, 0.3) is 0 Å². The van der Waals surface area contributed by atoms with Crippen molar-refractivity contribution in [1.82, 2.24) is 10.2 Å². The normalized spacial score (nSPS) is 36.1. The fourth-order valence-electron chi connectivity index (χ4n) is 3.77. The molecule has 2 saturated heterocycles. The number of nitrogens with zero attached hydrogens (tertiary/aromatic N) is 1. The molecule has 0 aromatic rings. The molecule has 2 aliphatic heterocycles. The highest BCUT2D eigenvalue weighted by atomic mass is 16.5. The minimum atomic E-state index is 0.462. The summed E-state index contributed by atoms with van der Waals surface area (Å²) in [5.41, 5.74) is 0. The Bertz CT molecular complexity index is 293. The van der Waals surface area contributed by atoms with E-state index in [9.17, 15) is 0 Å². The third-order valence-electron chi connectivity index (χ3n) is 4.82. The molecule has 4 unspecified atom stereocenters. The predicted octanol–water partition coefficient (Wildman–Crippen LogP) is 2.90. The molecule has 2 rings (SSSR count). The Morgan fingerprint density at radius 1 is 1.20 bits per heavy atom. The monoisotopic (exact) mass is 282 g/mol. The van der Waals surface area contributed by atoms with Crippen molar-refractivity contribution >= 4 is 0 Å². The first-order valence-corrected chi connectivity index (χ1v) is 8.58. The molecule has 0 aliphatic carbocycles. The van der Waals surface area contributed by atoms with Gasteiger partial charge in [0.1, 0.15) is 0 Å². The van der Waals surface area contributed by atoms with Crippen LogP contribution in [0.2, 0.25) is 0 Å². The molecule has 3 nitrogen and oxygen atoms in total. The summed E-state index contributed by atoms with van der Waals surface area (Å²) < 4.78 is 6.05. The van der Waals surface area contributed by atoms with Gasteiger partial charge in [0.2, 0.25) is 0 Å². The third kappa shape index (κ3) is 4.44. The van der Waals surface area contributed by atoms with Gasteiger partial charge in [0.05, 0.1) is 12.2 Å². The summed E-state index contributed by atoms with van der Waals surface area (Å²) in [4.78, 5) is 2.71. The van der Waals surface area contributed by atoms with E-state index in [-0.39, 0.29) is 0 Å². The minimum absolute atomic E-state index is 0.462. The lowest BCUT2D eigenvalue weighted by Gasteiger charge is -2.43. The SMILES string of the molecule is CC(C)CC1CN(CC2CCC(C)O2)C(C(C)C)CN1. The molecule has 0 amide bonds. The molecule has 3 heteroatoms. The average molecular weight is 282 g/mol. The molecular weight excluding hydrogens is 248 g/mol. The van der Waals surface area contributed by atoms with Gasteiger partial charge in [-0.1, -0.05) is 27.7 Å². The van der Waals surface area contributed by atoms with E-state index in [2.05, 4.69) is 44.8 Å². The summed E-state index contributed by atoms with van der Waals surface area (Å²) in [5.74, 6) is 1.48. The van der Waals surface area contributed by atoms with E-state index in [1.807, 2.05) is 0 Å². The van der Waals surface area contributed by atoms with Gasteiger partial charge < -0.3 is 10.1 Å². The van der Waals surface area contributed by atoms with Crippen molar-refractivity contribution in [3.63, 3.8) is 0 Å². The fourth-order valence-corrected chi connectivity index (χ4v) is 3.77. The van der Waals surface area contributed by atoms with Gasteiger partial charge in [-0.05, 0) is 38.0 Å². The highest BCUT2D eigenvalue weighted by Gasteiger charge is 2.33. The summed E-state index contributed by atoms with van der Waals surface area (Å²) in [7, 11) is 0. The maximum Gasteiger partial charge on any atom is 0.0706 e. The van der Waals surface area contributed by atoms with Crippen LogP contribution in [0, 0.1) is 11.8 Å². The molecule has 0 aromatic carbocycles. The molecule has 0 saturated carbocycles. The van der Waals surface area contributed by atoms with Crippen LogP contribution in [0.1, 0.15) is 53.9 Å². The van der Waals surface area contributed by atoms with Crippen LogP contribution in [0.5, 0.6) is 0 Å². The van der Waals surface area contributed by atoms with Crippen molar-refractivity contribution in [2.24, 2.45) is 11.8 Å². The van der Waals surface area contributed by atoms with Crippen LogP contribution in [0.3, 0.4) is 0 Å². The van der Waals surface area contributed by atoms with Gasteiger partial charge in [-0.15, -0.1) is 0 Å². The largest absolute Gasteiger partial charge is 0.374 e. The molecule has 1 N–H and O–H groups in total. The van der Waals surface area contributed by atoms with Crippen LogP contribution in [0.15, 0.2) is 0 Å². The molecule has 0 aromatic heterocycles. The molecule has 2 aliphatic rings. The smallest absolute Gasteiger partial charge is 0.0706 e. The predicted molar refractivity (Wildman–Crippen MR) is 85.0 cm³/mol. The van der Waals surface area contributed by atoms with E-state index in [1.165, 1.54) is 25.8 Å². The van der Waals surface area contributed by atoms with Gasteiger partial charge in [0.15, 0.2) is 0 Å². The second kappa shape index (κ2) is 7.24. The first-order valence-electron chi connectivity index (χ1n) is 8.58. The van der Waals surface area contributed by atoms with Crippen LogP contribution in [-0.4, -0.2) is 48.8 Å². The quantitative estimate of drug-likeness (QED) is 0.839. The Kier molecular flexibility index (Phi) is 5.88. The first-order chi connectivity index (χ1) is 9.45. The van der Waals surface area contributed by atoms with Crippen LogP contribution in [0.4, 0.5) is 0 Å². The van der Waals surface area contributed by atoms with Gasteiger partial charge >= 0.3 is 0 Å². The zero-order valence-electron chi connectivity index (χ0n) is 14.1. The molecular formula is C17H34N2O. The van der Waals surface area contributed by atoms with E-state index >= 15 is 0 Å². The van der Waals surface area contributed by atoms with Gasteiger partial charge in [-0.25, -0.2) is 0 Å². The number of ether oxygens (including phenoxy) is 1. The molecule has 4 atom stereocenters. The van der Waals surface area contributed by atoms with Crippen molar-refractivity contribution in [2.75, 3.05) is 19.6 Å². The van der Waals surface area contributed by atoms with E-state index in [0.717, 1.165) is 19.0 Å². The lowest BCUT2D eigenvalue weighted by molar-refractivity contribution is 0.00153. The summed E-state index contributed by atoms with van der Waals surface area (Å²) in [6.45, 7) is 15.0. The van der Waals surface area contributed by atoms with Crippen molar-refractivity contribution < 1.29 is 4.74 Å². The summed E-state index contributed by atoms with van der Waals surface area (Å²) >= 11 is 0. The lowest BCUT2D eigenvalue weighted by atomic mass is 9.94. The van der Waals surface area contributed by atoms with E-state index < -0.39 is 0 Å². The Morgan fingerprint density at radius 3 is 2.50 bits per heavy atom. The van der Waals surface area contributed by atoms with E-state index in [1.54, 1.807) is 0 Å². The van der Waals surface area contributed by atoms with Crippen LogP contribution in [-0.2, 0) is 4.74 Å². The van der Waals surface area contributed by atoms with E-state index in [0.29, 0.717) is 30.2 Å². The Balaban J connectivity index is 1.92. The maximum atomic E-state index is 6.05. The molecule has 0 bridgehead atoms. The zero-order valence-corrected chi connectivity index (χ0v) is 14.1. The Morgan fingerprint density at radius 2 is 1.95 bits per heavy atom. The van der Waals surface area contributed by atoms with Gasteiger partial charge in [-0.3, -0.25) is 4.90 Å². The number of piperazine rings is 1.